The largest absolute Gasteiger partial charge is 0.480 e. The number of aromatic nitrogens is 2. The molecule has 260 valence electrons. The molecular formula is C38H53N5O4S. The minimum absolute atomic E-state index is 0.0964. The van der Waals surface area contributed by atoms with Gasteiger partial charge in [0.1, 0.15) is 12.6 Å². The molecule has 5 rings (SSSR count). The van der Waals surface area contributed by atoms with Gasteiger partial charge in [-0.25, -0.2) is 9.97 Å². The van der Waals surface area contributed by atoms with Crippen LogP contribution in [0.3, 0.4) is 0 Å². The van der Waals surface area contributed by atoms with Crippen LogP contribution in [0.1, 0.15) is 112 Å². The smallest absolute Gasteiger partial charge is 0.322 e. The number of thiophene rings is 1. The average molecular weight is 676 g/mol. The summed E-state index contributed by atoms with van der Waals surface area (Å²) in [6.45, 7) is 10.0. The van der Waals surface area contributed by atoms with Gasteiger partial charge in [0.25, 0.3) is 5.91 Å². The van der Waals surface area contributed by atoms with E-state index < -0.39 is 24.5 Å². The fourth-order valence-electron chi connectivity index (χ4n) is 6.28. The summed E-state index contributed by atoms with van der Waals surface area (Å²) < 4.78 is 0. The summed E-state index contributed by atoms with van der Waals surface area (Å²) >= 11 is 1.38. The number of rotatable bonds is 11. The molecule has 0 spiro atoms. The second-order valence-corrected chi connectivity index (χ2v) is 15.1. The molecule has 1 atom stereocenters. The zero-order chi connectivity index (χ0) is 34.5. The van der Waals surface area contributed by atoms with Crippen LogP contribution >= 0.6 is 11.3 Å². The molecule has 1 aliphatic carbocycles. The van der Waals surface area contributed by atoms with Crippen LogP contribution in [0.15, 0.2) is 48.8 Å². The number of nitrogens with zero attached hydrogens (tertiary/aromatic N) is 3. The second-order valence-electron chi connectivity index (χ2n) is 14.1. The highest BCUT2D eigenvalue weighted by Crippen LogP contribution is 2.30. The molecule has 3 aromatic rings. The molecule has 2 aliphatic rings. The lowest BCUT2D eigenvalue weighted by atomic mass is 9.86. The molecule has 3 N–H and O–H groups in total. The van der Waals surface area contributed by atoms with Gasteiger partial charge in [-0.2, -0.15) is 0 Å². The van der Waals surface area contributed by atoms with Crippen LogP contribution in [-0.2, 0) is 21.4 Å². The van der Waals surface area contributed by atoms with Gasteiger partial charge in [0.15, 0.2) is 5.82 Å². The number of aliphatic carboxylic acids is 1. The summed E-state index contributed by atoms with van der Waals surface area (Å²) in [4.78, 5) is 49.8. The molecule has 1 aromatic carbocycles. The van der Waals surface area contributed by atoms with Gasteiger partial charge in [0.05, 0.1) is 23.0 Å². The van der Waals surface area contributed by atoms with Gasteiger partial charge in [-0.15, -0.1) is 11.3 Å². The first-order chi connectivity index (χ1) is 23.0. The summed E-state index contributed by atoms with van der Waals surface area (Å²) in [7, 11) is 0. The third-order valence-electron chi connectivity index (χ3n) is 9.04. The number of hydrogen-bond acceptors (Lipinski definition) is 7. The van der Waals surface area contributed by atoms with Gasteiger partial charge in [0, 0.05) is 30.0 Å². The number of hydrogen-bond donors (Lipinski definition) is 3. The van der Waals surface area contributed by atoms with E-state index in [4.69, 9.17) is 5.11 Å². The van der Waals surface area contributed by atoms with E-state index in [1.165, 1.54) is 75.5 Å². The van der Waals surface area contributed by atoms with Crippen molar-refractivity contribution in [1.82, 2.24) is 20.6 Å². The van der Waals surface area contributed by atoms with Crippen molar-refractivity contribution < 1.29 is 19.5 Å². The standard InChI is InChI=1S/C29H35N5O4S.C9H18/c1-29(2,3)24-12-11-23(39-24)28(38)33-22(27(37)32-18-25(35)36)15-19-7-9-20(10-8-19)26-30-16-21(17-31-26)34-13-5-4-6-14-34;1-2-6-9-7-4-3-5-8-9/h7-12,16-17,22H,4-6,13-15,18H2,1-3H3,(H,32,37)(H,33,38)(H,35,36);9H,2-8H2,1H3. The van der Waals surface area contributed by atoms with Gasteiger partial charge in [-0.1, -0.05) is 96.9 Å². The quantitative estimate of drug-likeness (QED) is 0.193. The number of benzene rings is 1. The van der Waals surface area contributed by atoms with Crippen LogP contribution < -0.4 is 15.5 Å². The lowest BCUT2D eigenvalue weighted by Gasteiger charge is -2.28. The number of piperidine rings is 1. The van der Waals surface area contributed by atoms with E-state index in [9.17, 15) is 14.4 Å². The van der Waals surface area contributed by atoms with Crippen LogP contribution in [0.2, 0.25) is 0 Å². The van der Waals surface area contributed by atoms with Crippen molar-refractivity contribution in [2.24, 2.45) is 5.92 Å². The SMILES string of the molecule is CC(C)(C)c1ccc(C(=O)NC(Cc2ccc(-c3ncc(N4CCCCC4)cn3)cc2)C(=O)NCC(=O)O)s1.CCCC1CCCCC1. The Bertz CT molecular complexity index is 1450. The van der Waals surface area contributed by atoms with E-state index >= 15 is 0 Å². The third kappa shape index (κ3) is 11.4. The number of anilines is 1. The number of carboxylic acids is 1. The number of amides is 2. The van der Waals surface area contributed by atoms with Crippen LogP contribution in [-0.4, -0.2) is 58.5 Å². The first kappa shape index (κ1) is 37.0. The molecule has 10 heteroatoms. The van der Waals surface area contributed by atoms with Crippen molar-refractivity contribution in [3.05, 3.63) is 64.1 Å². The molecule has 1 saturated heterocycles. The highest BCUT2D eigenvalue weighted by molar-refractivity contribution is 7.14. The average Bonchev–Trinajstić information content (AvgIpc) is 3.61. The van der Waals surface area contributed by atoms with Gasteiger partial charge in [0.2, 0.25) is 5.91 Å². The Morgan fingerprint density at radius 3 is 2.17 bits per heavy atom. The first-order valence-corrected chi connectivity index (χ1v) is 18.4. The van der Waals surface area contributed by atoms with Crippen LogP contribution in [0, 0.1) is 5.92 Å². The molecule has 1 aliphatic heterocycles. The Kier molecular flexibility index (Phi) is 14.0. The minimum Gasteiger partial charge on any atom is -0.480 e. The predicted molar refractivity (Wildman–Crippen MR) is 194 cm³/mol. The van der Waals surface area contributed by atoms with Crippen LogP contribution in [0.4, 0.5) is 5.69 Å². The summed E-state index contributed by atoms with van der Waals surface area (Å²) in [6.07, 6.45) is 18.0. The summed E-state index contributed by atoms with van der Waals surface area (Å²) in [5.41, 5.74) is 2.58. The number of carboxylic acid groups (broad SMARTS) is 1. The van der Waals surface area contributed by atoms with E-state index in [1.54, 1.807) is 6.07 Å². The molecule has 2 aromatic heterocycles. The van der Waals surface area contributed by atoms with Crippen molar-refractivity contribution in [1.29, 1.82) is 0 Å². The topological polar surface area (TPSA) is 125 Å². The second kappa shape index (κ2) is 18.1. The molecule has 1 saturated carbocycles. The van der Waals surface area contributed by atoms with Crippen LogP contribution in [0.25, 0.3) is 11.4 Å². The molecular weight excluding hydrogens is 623 g/mol. The van der Waals surface area contributed by atoms with Gasteiger partial charge in [-0.3, -0.25) is 14.4 Å². The molecule has 9 nitrogen and oxygen atoms in total. The minimum atomic E-state index is -1.16. The van der Waals surface area contributed by atoms with E-state index in [0.717, 1.165) is 40.7 Å². The van der Waals surface area contributed by atoms with Gasteiger partial charge < -0.3 is 20.6 Å². The predicted octanol–water partition coefficient (Wildman–Crippen LogP) is 7.40. The van der Waals surface area contributed by atoms with Crippen molar-refractivity contribution in [3.8, 4) is 11.4 Å². The normalized spacial score (nSPS) is 16.0. The summed E-state index contributed by atoms with van der Waals surface area (Å²) in [6, 6.07) is 10.2. The van der Waals surface area contributed by atoms with E-state index in [1.807, 2.05) is 42.7 Å². The van der Waals surface area contributed by atoms with E-state index in [0.29, 0.717) is 10.7 Å². The van der Waals surface area contributed by atoms with Gasteiger partial charge >= 0.3 is 5.97 Å². The van der Waals surface area contributed by atoms with Crippen molar-refractivity contribution in [2.75, 3.05) is 24.5 Å². The molecule has 3 heterocycles. The molecule has 2 amide bonds. The maximum atomic E-state index is 13.0. The first-order valence-electron chi connectivity index (χ1n) is 17.6. The molecule has 2 fully saturated rings. The van der Waals surface area contributed by atoms with Gasteiger partial charge in [-0.05, 0) is 48.3 Å². The maximum absolute atomic E-state index is 13.0. The molecule has 0 bridgehead atoms. The molecule has 48 heavy (non-hydrogen) atoms. The van der Waals surface area contributed by atoms with E-state index in [-0.39, 0.29) is 17.7 Å². The molecule has 0 radical (unpaired) electrons. The van der Waals surface area contributed by atoms with Crippen molar-refractivity contribution in [3.63, 3.8) is 0 Å². The van der Waals surface area contributed by atoms with Crippen molar-refractivity contribution >= 4 is 34.8 Å². The van der Waals surface area contributed by atoms with Crippen LogP contribution in [0.5, 0.6) is 0 Å². The zero-order valence-electron chi connectivity index (χ0n) is 29.1. The Balaban J connectivity index is 0.000000500. The van der Waals surface area contributed by atoms with Crippen molar-refractivity contribution in [2.45, 2.75) is 110 Å². The monoisotopic (exact) mass is 675 g/mol. The maximum Gasteiger partial charge on any atom is 0.322 e. The number of carbonyl (C=O) groups is 3. The fraction of sp³-hybridized carbons (Fsp3) is 0.553. The molecule has 1 unspecified atom stereocenters. The zero-order valence-corrected chi connectivity index (χ0v) is 29.9. The highest BCUT2D eigenvalue weighted by Gasteiger charge is 2.25. The Hall–Kier alpha value is -3.79. The lowest BCUT2D eigenvalue weighted by molar-refractivity contribution is -0.138. The Morgan fingerprint density at radius 2 is 1.58 bits per heavy atom. The highest BCUT2D eigenvalue weighted by atomic mass is 32.1. The lowest BCUT2D eigenvalue weighted by Crippen LogP contribution is -2.49. The summed E-state index contributed by atoms with van der Waals surface area (Å²) in [5.74, 6) is -0.372. The number of nitrogens with one attached hydrogen (secondary N) is 2. The Morgan fingerprint density at radius 1 is 0.938 bits per heavy atom. The number of carbonyl (C=O) groups excluding carboxylic acids is 2. The Labute approximate surface area is 290 Å². The fourth-order valence-corrected chi connectivity index (χ4v) is 7.25. The third-order valence-corrected chi connectivity index (χ3v) is 10.5. The van der Waals surface area contributed by atoms with E-state index in [2.05, 4.69) is 53.2 Å². The summed E-state index contributed by atoms with van der Waals surface area (Å²) in [5, 5.41) is 14.2.